The normalized spacial score (nSPS) is 14.6. The first-order chi connectivity index (χ1) is 13.8. The Morgan fingerprint density at radius 3 is 2.76 bits per heavy atom. The minimum atomic E-state index is -0.470. The summed E-state index contributed by atoms with van der Waals surface area (Å²) >= 11 is 0. The van der Waals surface area contributed by atoms with Gasteiger partial charge < -0.3 is 10.2 Å². The summed E-state index contributed by atoms with van der Waals surface area (Å²) in [5.41, 5.74) is 1.11. The van der Waals surface area contributed by atoms with Crippen LogP contribution in [0.4, 0.5) is 0 Å². The number of nitrogens with one attached hydrogen (secondary N) is 2. The van der Waals surface area contributed by atoms with Crippen molar-refractivity contribution < 1.29 is 9.59 Å². The van der Waals surface area contributed by atoms with Crippen LogP contribution in [0.15, 0.2) is 35.3 Å². The molecular formula is C20H22N6O3. The van der Waals surface area contributed by atoms with E-state index in [-0.39, 0.29) is 23.1 Å². The summed E-state index contributed by atoms with van der Waals surface area (Å²) in [7, 11) is 3.56. The Kier molecular flexibility index (Phi) is 4.45. The predicted octanol–water partition coefficient (Wildman–Crippen LogP) is 1.000. The fourth-order valence-electron chi connectivity index (χ4n) is 3.42. The van der Waals surface area contributed by atoms with Crippen LogP contribution in [-0.2, 0) is 7.05 Å². The van der Waals surface area contributed by atoms with Crippen molar-refractivity contribution in [2.45, 2.75) is 25.3 Å². The number of hydrogen-bond acceptors (Lipinski definition) is 5. The highest BCUT2D eigenvalue weighted by molar-refractivity contribution is 5.98. The van der Waals surface area contributed by atoms with Gasteiger partial charge in [0.1, 0.15) is 5.69 Å². The number of rotatable bonds is 5. The molecule has 0 atom stereocenters. The Labute approximate surface area is 166 Å². The number of amides is 2. The monoisotopic (exact) mass is 394 g/mol. The number of benzene rings is 1. The van der Waals surface area contributed by atoms with Gasteiger partial charge in [0, 0.05) is 43.4 Å². The molecule has 9 heteroatoms. The molecule has 1 fully saturated rings. The molecule has 150 valence electrons. The quantitative estimate of drug-likeness (QED) is 0.670. The van der Waals surface area contributed by atoms with Gasteiger partial charge in [-0.1, -0.05) is 6.07 Å². The summed E-state index contributed by atoms with van der Waals surface area (Å²) in [6.07, 6.45) is 3.45. The molecule has 0 aliphatic heterocycles. The molecule has 2 N–H and O–H groups in total. The lowest BCUT2D eigenvalue weighted by molar-refractivity contribution is 0.0756. The van der Waals surface area contributed by atoms with Gasteiger partial charge >= 0.3 is 0 Å². The van der Waals surface area contributed by atoms with Crippen molar-refractivity contribution >= 4 is 22.7 Å². The van der Waals surface area contributed by atoms with E-state index in [4.69, 9.17) is 0 Å². The molecule has 0 bridgehead atoms. The molecule has 1 aliphatic rings. The second kappa shape index (κ2) is 6.84. The van der Waals surface area contributed by atoms with Crippen LogP contribution in [0, 0.1) is 6.92 Å². The highest BCUT2D eigenvalue weighted by Gasteiger charge is 2.46. The third kappa shape index (κ3) is 3.75. The van der Waals surface area contributed by atoms with Crippen LogP contribution in [0.1, 0.15) is 39.3 Å². The number of hydrogen-bond donors (Lipinski definition) is 2. The second-order valence-electron chi connectivity index (χ2n) is 7.74. The van der Waals surface area contributed by atoms with Gasteiger partial charge in [-0.2, -0.15) is 10.2 Å². The van der Waals surface area contributed by atoms with E-state index in [1.807, 2.05) is 19.3 Å². The number of aryl methyl sites for hydroxylation is 2. The molecule has 0 unspecified atom stereocenters. The van der Waals surface area contributed by atoms with Crippen LogP contribution in [0.5, 0.6) is 0 Å². The van der Waals surface area contributed by atoms with Crippen LogP contribution in [0.3, 0.4) is 0 Å². The first-order valence-corrected chi connectivity index (χ1v) is 9.34. The van der Waals surface area contributed by atoms with Crippen molar-refractivity contribution in [2.24, 2.45) is 7.05 Å². The van der Waals surface area contributed by atoms with Crippen LogP contribution < -0.4 is 10.9 Å². The molecule has 1 aliphatic carbocycles. The zero-order chi connectivity index (χ0) is 20.8. The summed E-state index contributed by atoms with van der Waals surface area (Å²) in [6, 6.07) is 6.90. The van der Waals surface area contributed by atoms with Gasteiger partial charge in [0.15, 0.2) is 0 Å². The number of aromatic amines is 1. The molecule has 1 aromatic carbocycles. The van der Waals surface area contributed by atoms with Crippen molar-refractivity contribution in [1.82, 2.24) is 30.2 Å². The predicted molar refractivity (Wildman–Crippen MR) is 107 cm³/mol. The maximum absolute atomic E-state index is 12.9. The van der Waals surface area contributed by atoms with Crippen molar-refractivity contribution in [3.63, 3.8) is 0 Å². The minimum Gasteiger partial charge on any atom is -0.343 e. The molecule has 0 spiro atoms. The SMILES string of the molecule is Cc1cc(C(=O)NC2(CN(C)C(=O)c3ccc4cn(C)nc4c3)CC2)n[nH]c1=O. The molecule has 3 aromatic rings. The van der Waals surface area contributed by atoms with E-state index in [1.54, 1.807) is 35.7 Å². The van der Waals surface area contributed by atoms with Crippen molar-refractivity contribution in [3.05, 3.63) is 57.6 Å². The summed E-state index contributed by atoms with van der Waals surface area (Å²) in [5.74, 6) is -0.492. The number of likely N-dealkylation sites (N-methyl/N-ethyl adjacent to an activating group) is 1. The fraction of sp³-hybridized carbons (Fsp3) is 0.350. The first-order valence-electron chi connectivity index (χ1n) is 9.34. The average Bonchev–Trinajstić information content (AvgIpc) is 3.31. The maximum atomic E-state index is 12.9. The molecule has 2 aromatic heterocycles. The number of carbonyl (C=O) groups excluding carboxylic acids is 2. The van der Waals surface area contributed by atoms with Crippen molar-refractivity contribution in [2.75, 3.05) is 13.6 Å². The smallest absolute Gasteiger partial charge is 0.272 e. The molecule has 29 heavy (non-hydrogen) atoms. The summed E-state index contributed by atoms with van der Waals surface area (Å²) in [6.45, 7) is 2.01. The third-order valence-corrected chi connectivity index (χ3v) is 5.21. The van der Waals surface area contributed by atoms with Crippen molar-refractivity contribution in [3.8, 4) is 0 Å². The number of nitrogens with zero attached hydrogens (tertiary/aromatic N) is 4. The van der Waals surface area contributed by atoms with Gasteiger partial charge in [-0.25, -0.2) is 5.10 Å². The van der Waals surface area contributed by atoms with Gasteiger partial charge in [-0.3, -0.25) is 19.1 Å². The number of carbonyl (C=O) groups is 2. The Morgan fingerprint density at radius 1 is 1.31 bits per heavy atom. The first kappa shape index (κ1) is 18.9. The summed E-state index contributed by atoms with van der Waals surface area (Å²) in [5, 5.41) is 14.4. The average molecular weight is 394 g/mol. The van der Waals surface area contributed by atoms with E-state index in [0.29, 0.717) is 17.7 Å². The zero-order valence-corrected chi connectivity index (χ0v) is 16.5. The summed E-state index contributed by atoms with van der Waals surface area (Å²) in [4.78, 5) is 38.4. The van der Waals surface area contributed by atoms with E-state index >= 15 is 0 Å². The molecule has 0 radical (unpaired) electrons. The number of H-pyrrole nitrogens is 1. The van der Waals surface area contributed by atoms with Gasteiger partial charge in [0.25, 0.3) is 17.4 Å². The van der Waals surface area contributed by atoms with E-state index in [1.165, 1.54) is 6.07 Å². The second-order valence-corrected chi connectivity index (χ2v) is 7.74. The molecule has 9 nitrogen and oxygen atoms in total. The van der Waals surface area contributed by atoms with E-state index in [2.05, 4.69) is 20.6 Å². The maximum Gasteiger partial charge on any atom is 0.272 e. The van der Waals surface area contributed by atoms with Crippen LogP contribution in [0.25, 0.3) is 10.9 Å². The Hall–Kier alpha value is -3.49. The van der Waals surface area contributed by atoms with E-state index in [0.717, 1.165) is 23.7 Å². The number of aromatic nitrogens is 4. The summed E-state index contributed by atoms with van der Waals surface area (Å²) < 4.78 is 1.71. The van der Waals surface area contributed by atoms with E-state index in [9.17, 15) is 14.4 Å². The number of fused-ring (bicyclic) bond motifs is 1. The Bertz CT molecular complexity index is 1170. The molecule has 0 saturated heterocycles. The lowest BCUT2D eigenvalue weighted by Crippen LogP contribution is -2.46. The van der Waals surface area contributed by atoms with Gasteiger partial charge in [-0.15, -0.1) is 0 Å². The molecule has 2 amide bonds. The highest BCUT2D eigenvalue weighted by atomic mass is 16.2. The van der Waals surface area contributed by atoms with Gasteiger partial charge in [0.05, 0.1) is 11.1 Å². The van der Waals surface area contributed by atoms with Gasteiger partial charge in [0.2, 0.25) is 0 Å². The largest absolute Gasteiger partial charge is 0.343 e. The molecule has 1 saturated carbocycles. The lowest BCUT2D eigenvalue weighted by atomic mass is 10.1. The van der Waals surface area contributed by atoms with Crippen LogP contribution in [0.2, 0.25) is 0 Å². The third-order valence-electron chi connectivity index (χ3n) is 5.21. The van der Waals surface area contributed by atoms with Crippen LogP contribution in [-0.4, -0.2) is 55.8 Å². The fourth-order valence-corrected chi connectivity index (χ4v) is 3.42. The lowest BCUT2D eigenvalue weighted by Gasteiger charge is -2.25. The molecule has 4 rings (SSSR count). The Morgan fingerprint density at radius 2 is 2.07 bits per heavy atom. The zero-order valence-electron chi connectivity index (χ0n) is 16.5. The van der Waals surface area contributed by atoms with Crippen LogP contribution >= 0.6 is 0 Å². The standard InChI is InChI=1S/C20H22N6O3/c1-12-8-16(22-23-17(12)27)18(28)21-20(6-7-20)11-25(2)19(29)13-4-5-14-10-26(3)24-15(14)9-13/h4-5,8-10H,6-7,11H2,1-3H3,(H,21,28)(H,23,27). The van der Waals surface area contributed by atoms with Gasteiger partial charge in [-0.05, 0) is 38.0 Å². The molecule has 2 heterocycles. The molecular weight excluding hydrogens is 372 g/mol. The Balaban J connectivity index is 1.45. The minimum absolute atomic E-state index is 0.129. The topological polar surface area (TPSA) is 113 Å². The van der Waals surface area contributed by atoms with Crippen molar-refractivity contribution in [1.29, 1.82) is 0 Å². The van der Waals surface area contributed by atoms with E-state index < -0.39 is 5.54 Å². The highest BCUT2D eigenvalue weighted by Crippen LogP contribution is 2.36.